The lowest BCUT2D eigenvalue weighted by Gasteiger charge is -2.35. The van der Waals surface area contributed by atoms with Gasteiger partial charge in [-0.2, -0.15) is 0 Å². The molecule has 2 aromatic heterocycles. The van der Waals surface area contributed by atoms with Crippen LogP contribution in [0.3, 0.4) is 0 Å². The van der Waals surface area contributed by atoms with E-state index in [0.717, 1.165) is 27.8 Å². The van der Waals surface area contributed by atoms with E-state index >= 15 is 0 Å². The number of fused-ring (bicyclic) bond motifs is 2. The number of non-ortho nitro benzene ring substituents is 1. The maximum absolute atomic E-state index is 12.7. The molecule has 0 bridgehead atoms. The monoisotopic (exact) mass is 462 g/mol. The second-order valence-electron chi connectivity index (χ2n) is 8.16. The summed E-state index contributed by atoms with van der Waals surface area (Å²) in [5.74, 6) is 0.763. The lowest BCUT2D eigenvalue weighted by atomic mass is 10.2. The molecule has 4 aromatic rings. The number of nitro groups is 1. The summed E-state index contributed by atoms with van der Waals surface area (Å²) in [6.07, 6.45) is 1.51. The van der Waals surface area contributed by atoms with Gasteiger partial charge in [-0.05, 0) is 24.3 Å². The van der Waals surface area contributed by atoms with E-state index in [0.29, 0.717) is 31.9 Å². The Bertz CT molecular complexity index is 1480. The Kier molecular flexibility index (Phi) is 5.11. The van der Waals surface area contributed by atoms with E-state index in [1.54, 1.807) is 28.1 Å². The van der Waals surface area contributed by atoms with Gasteiger partial charge in [-0.15, -0.1) is 0 Å². The zero-order valence-corrected chi connectivity index (χ0v) is 18.6. The molecule has 5 rings (SSSR count). The summed E-state index contributed by atoms with van der Waals surface area (Å²) in [7, 11) is 3.47. The molecule has 1 N–H and O–H groups in total. The van der Waals surface area contributed by atoms with E-state index in [1.807, 2.05) is 12.1 Å². The molecule has 1 aliphatic rings. The Hall–Kier alpha value is -4.48. The van der Waals surface area contributed by atoms with Crippen LogP contribution in [0.25, 0.3) is 21.9 Å². The number of nitrogens with zero attached hydrogens (tertiary/aromatic N) is 7. The van der Waals surface area contributed by atoms with Crippen LogP contribution in [0.2, 0.25) is 0 Å². The molecule has 0 saturated carbocycles. The van der Waals surface area contributed by atoms with Crippen molar-refractivity contribution < 1.29 is 9.72 Å². The minimum Gasteiger partial charge on any atom is -0.352 e. The van der Waals surface area contributed by atoms with Crippen LogP contribution in [0.4, 0.5) is 22.0 Å². The molecule has 3 heterocycles. The van der Waals surface area contributed by atoms with Gasteiger partial charge in [0.15, 0.2) is 0 Å². The molecule has 2 aromatic carbocycles. The van der Waals surface area contributed by atoms with Crippen molar-refractivity contribution in [1.29, 1.82) is 0 Å². The van der Waals surface area contributed by atoms with Crippen molar-refractivity contribution in [3.8, 4) is 0 Å². The van der Waals surface area contributed by atoms with Crippen molar-refractivity contribution in [2.24, 2.45) is 14.1 Å². The van der Waals surface area contributed by atoms with Gasteiger partial charge in [-0.25, -0.2) is 19.6 Å². The number of rotatable bonds is 3. The highest BCUT2D eigenvalue weighted by atomic mass is 16.6. The maximum Gasteiger partial charge on any atom is 0.328 e. The smallest absolute Gasteiger partial charge is 0.328 e. The first-order valence-electron chi connectivity index (χ1n) is 10.7. The number of benzene rings is 2. The van der Waals surface area contributed by atoms with E-state index in [2.05, 4.69) is 20.2 Å². The standard InChI is InChI=1S/C22H22N8O4/c1-26-18-11-16-17(12-19(18)27(2)22(26)32)23-13-24-20(16)28-7-9-29(10-8-28)21(31)25-14-3-5-15(6-4-14)30(33)34/h3-6,11-13H,7-10H2,1-2H3,(H,25,31). The lowest BCUT2D eigenvalue weighted by Crippen LogP contribution is -2.50. The van der Waals surface area contributed by atoms with Crippen molar-refractivity contribution in [2.45, 2.75) is 0 Å². The number of carbonyl (C=O) groups excluding carboxylic acids is 1. The fraction of sp³-hybridized carbons (Fsp3) is 0.273. The zero-order chi connectivity index (χ0) is 24.0. The molecule has 0 unspecified atom stereocenters. The summed E-state index contributed by atoms with van der Waals surface area (Å²) in [6.45, 7) is 2.11. The van der Waals surface area contributed by atoms with Crippen LogP contribution in [0.15, 0.2) is 47.5 Å². The largest absolute Gasteiger partial charge is 0.352 e. The Morgan fingerprint density at radius 3 is 2.29 bits per heavy atom. The van der Waals surface area contributed by atoms with E-state index in [1.165, 1.54) is 30.6 Å². The SMILES string of the molecule is Cn1c(=O)n(C)c2cc3c(N4CCN(C(=O)Nc5ccc([N+](=O)[O-])cc5)CC4)ncnc3cc21. The number of carbonyl (C=O) groups is 1. The molecule has 0 atom stereocenters. The van der Waals surface area contributed by atoms with Crippen LogP contribution < -0.4 is 15.9 Å². The van der Waals surface area contributed by atoms with E-state index in [4.69, 9.17) is 0 Å². The Labute approximate surface area is 193 Å². The van der Waals surface area contributed by atoms with Crippen molar-refractivity contribution in [2.75, 3.05) is 36.4 Å². The predicted molar refractivity (Wildman–Crippen MR) is 127 cm³/mol. The van der Waals surface area contributed by atoms with E-state index in [9.17, 15) is 19.7 Å². The molecule has 0 aliphatic carbocycles. The van der Waals surface area contributed by atoms with Gasteiger partial charge in [-0.3, -0.25) is 19.2 Å². The maximum atomic E-state index is 12.7. The van der Waals surface area contributed by atoms with Gasteiger partial charge >= 0.3 is 11.7 Å². The highest BCUT2D eigenvalue weighted by Crippen LogP contribution is 2.28. The first-order chi connectivity index (χ1) is 16.3. The number of aromatic nitrogens is 4. The average molecular weight is 462 g/mol. The summed E-state index contributed by atoms with van der Waals surface area (Å²) < 4.78 is 3.20. The number of nitro benzene ring substituents is 1. The van der Waals surface area contributed by atoms with E-state index < -0.39 is 4.92 Å². The van der Waals surface area contributed by atoms with Gasteiger partial charge in [0.25, 0.3) is 5.69 Å². The number of anilines is 2. The summed E-state index contributed by atoms with van der Waals surface area (Å²) >= 11 is 0. The highest BCUT2D eigenvalue weighted by molar-refractivity contribution is 5.99. The second kappa shape index (κ2) is 8.14. The minimum absolute atomic E-state index is 0.0310. The average Bonchev–Trinajstić information content (AvgIpc) is 3.06. The van der Waals surface area contributed by atoms with Crippen LogP contribution >= 0.6 is 0 Å². The second-order valence-corrected chi connectivity index (χ2v) is 8.16. The molecule has 0 spiro atoms. The lowest BCUT2D eigenvalue weighted by molar-refractivity contribution is -0.384. The topological polar surface area (TPSA) is 131 Å². The third kappa shape index (κ3) is 3.58. The number of imidazole rings is 1. The van der Waals surface area contributed by atoms with Crippen molar-refractivity contribution >= 4 is 45.2 Å². The number of nitrogens with one attached hydrogen (secondary N) is 1. The molecule has 1 saturated heterocycles. The first-order valence-corrected chi connectivity index (χ1v) is 10.7. The molecule has 174 valence electrons. The molecule has 2 amide bonds. The van der Waals surface area contributed by atoms with Crippen LogP contribution in [-0.2, 0) is 14.1 Å². The van der Waals surface area contributed by atoms with Gasteiger partial charge in [-0.1, -0.05) is 0 Å². The van der Waals surface area contributed by atoms with Gasteiger partial charge in [0, 0.05) is 63.5 Å². The summed E-state index contributed by atoms with van der Waals surface area (Å²) in [4.78, 5) is 48.0. The van der Waals surface area contributed by atoms with Crippen LogP contribution in [0, 0.1) is 10.1 Å². The van der Waals surface area contributed by atoms with Gasteiger partial charge in [0.05, 0.1) is 21.5 Å². The fourth-order valence-corrected chi connectivity index (χ4v) is 4.28. The molecular weight excluding hydrogens is 440 g/mol. The normalized spacial score (nSPS) is 14.1. The van der Waals surface area contributed by atoms with Gasteiger partial charge in [0.2, 0.25) is 0 Å². The Balaban J connectivity index is 1.33. The summed E-state index contributed by atoms with van der Waals surface area (Å²) in [5, 5.41) is 14.4. The number of urea groups is 1. The third-order valence-corrected chi connectivity index (χ3v) is 6.20. The third-order valence-electron chi connectivity index (χ3n) is 6.20. The number of piperazine rings is 1. The molecule has 1 fully saturated rings. The number of hydrogen-bond donors (Lipinski definition) is 1. The molecule has 1 aliphatic heterocycles. The molecule has 12 nitrogen and oxygen atoms in total. The van der Waals surface area contributed by atoms with Crippen LogP contribution in [0.5, 0.6) is 0 Å². The zero-order valence-electron chi connectivity index (χ0n) is 18.6. The predicted octanol–water partition coefficient (Wildman–Crippen LogP) is 2.08. The highest BCUT2D eigenvalue weighted by Gasteiger charge is 2.24. The van der Waals surface area contributed by atoms with Crippen molar-refractivity contribution in [3.63, 3.8) is 0 Å². The van der Waals surface area contributed by atoms with Crippen molar-refractivity contribution in [1.82, 2.24) is 24.0 Å². The number of hydrogen-bond acceptors (Lipinski definition) is 7. The number of amides is 2. The molecule has 0 radical (unpaired) electrons. The quantitative estimate of drug-likeness (QED) is 0.364. The fourth-order valence-electron chi connectivity index (χ4n) is 4.28. The molecular formula is C22H22N8O4. The Morgan fingerprint density at radius 1 is 1.00 bits per heavy atom. The number of aryl methyl sites for hydroxylation is 2. The summed E-state index contributed by atoms with van der Waals surface area (Å²) in [6, 6.07) is 9.30. The molecule has 12 heteroatoms. The summed E-state index contributed by atoms with van der Waals surface area (Å²) in [5.41, 5.74) is 2.72. The van der Waals surface area contributed by atoms with Crippen LogP contribution in [0.1, 0.15) is 0 Å². The van der Waals surface area contributed by atoms with Crippen LogP contribution in [-0.4, -0.2) is 61.1 Å². The van der Waals surface area contributed by atoms with E-state index in [-0.39, 0.29) is 17.4 Å². The van der Waals surface area contributed by atoms with Gasteiger partial charge < -0.3 is 15.1 Å². The van der Waals surface area contributed by atoms with Gasteiger partial charge in [0.1, 0.15) is 12.1 Å². The Morgan fingerprint density at radius 2 is 1.65 bits per heavy atom. The molecule has 34 heavy (non-hydrogen) atoms. The van der Waals surface area contributed by atoms with Crippen molar-refractivity contribution in [3.05, 3.63) is 63.3 Å². The first kappa shape index (κ1) is 21.4. The minimum atomic E-state index is -0.482.